The van der Waals surface area contributed by atoms with Gasteiger partial charge in [0.05, 0.1) is 30.5 Å². The molecule has 69 heavy (non-hydrogen) atoms. The first-order chi connectivity index (χ1) is 32.8. The highest BCUT2D eigenvalue weighted by Gasteiger charge is 2.53. The Morgan fingerprint density at radius 1 is 0.899 bits per heavy atom. The van der Waals surface area contributed by atoms with E-state index in [2.05, 4.69) is 15.5 Å². The van der Waals surface area contributed by atoms with Crippen LogP contribution in [-0.2, 0) is 47.7 Å². The van der Waals surface area contributed by atoms with Gasteiger partial charge in [-0.15, -0.1) is 5.10 Å². The van der Waals surface area contributed by atoms with Crippen LogP contribution < -0.4 is 0 Å². The first-order valence-electron chi connectivity index (χ1n) is 25.0. The van der Waals surface area contributed by atoms with E-state index in [-0.39, 0.29) is 60.9 Å². The fraction of sp³-hybridized carbons (Fsp3) is 0.731. The van der Waals surface area contributed by atoms with Crippen LogP contribution in [0, 0.1) is 35.5 Å². The number of allylic oxidation sites excluding steroid dienone is 6. The van der Waals surface area contributed by atoms with Gasteiger partial charge in [0.25, 0.3) is 11.7 Å². The highest BCUT2D eigenvalue weighted by molar-refractivity contribution is 6.39. The molecule has 3 fully saturated rings. The molecule has 2 saturated heterocycles. The zero-order valence-electron chi connectivity index (χ0n) is 42.5. The molecule has 3 aliphatic heterocycles. The average molecular weight is 966 g/mol. The molecule has 0 spiro atoms. The lowest BCUT2D eigenvalue weighted by Gasteiger charge is -2.42. The number of carbonyl (C=O) groups excluding carboxylic acids is 5. The van der Waals surface area contributed by atoms with Crippen molar-refractivity contribution in [3.63, 3.8) is 0 Å². The number of piperidine rings is 1. The molecule has 2 bridgehead atoms. The normalized spacial score (nSPS) is 37.1. The van der Waals surface area contributed by atoms with Gasteiger partial charge >= 0.3 is 5.97 Å². The Kier molecular flexibility index (Phi) is 20.8. The maximum Gasteiger partial charge on any atom is 0.329 e. The van der Waals surface area contributed by atoms with E-state index in [4.69, 9.17) is 23.7 Å². The molecule has 2 N–H and O–H groups in total. The lowest BCUT2D eigenvalue weighted by Crippen LogP contribution is -2.61. The maximum atomic E-state index is 14.5. The van der Waals surface area contributed by atoms with Gasteiger partial charge in [-0.05, 0) is 117 Å². The summed E-state index contributed by atoms with van der Waals surface area (Å²) in [6.07, 6.45) is 14.0. The van der Waals surface area contributed by atoms with Crippen molar-refractivity contribution in [3.8, 4) is 0 Å². The molecular formula is C52H79N5O12. The van der Waals surface area contributed by atoms with Crippen LogP contribution >= 0.6 is 0 Å². The van der Waals surface area contributed by atoms with E-state index in [1.54, 1.807) is 52.1 Å². The topological polar surface area (TPSA) is 219 Å². The van der Waals surface area contributed by atoms with Crippen molar-refractivity contribution in [1.82, 2.24) is 25.1 Å². The molecule has 4 heterocycles. The molecule has 384 valence electrons. The third-order valence-electron chi connectivity index (χ3n) is 15.2. The highest BCUT2D eigenvalue weighted by atomic mass is 16.6. The van der Waals surface area contributed by atoms with Crippen LogP contribution in [0.15, 0.2) is 53.9 Å². The number of aromatic nitrogens is 4. The minimum Gasteiger partial charge on any atom is -0.460 e. The second-order valence-electron chi connectivity index (χ2n) is 20.4. The van der Waals surface area contributed by atoms with Crippen molar-refractivity contribution in [1.29, 1.82) is 0 Å². The molecular weight excluding hydrogens is 887 g/mol. The van der Waals surface area contributed by atoms with E-state index < -0.39 is 77.8 Å². The first kappa shape index (κ1) is 55.7. The zero-order valence-corrected chi connectivity index (χ0v) is 42.5. The zero-order chi connectivity index (χ0) is 50.6. The number of methoxy groups -OCH3 is 3. The number of nitrogens with zero attached hydrogens (tertiary/aromatic N) is 5. The lowest BCUT2D eigenvalue weighted by molar-refractivity contribution is -0.265. The first-order valence-corrected chi connectivity index (χ1v) is 25.0. The summed E-state index contributed by atoms with van der Waals surface area (Å²) in [6, 6.07) is -1.20. The van der Waals surface area contributed by atoms with Gasteiger partial charge in [-0.2, -0.15) is 0 Å². The molecule has 0 aromatic carbocycles. The number of amides is 1. The molecule has 4 aliphatic rings. The number of aliphatic hydroxyl groups excluding tert-OH is 1. The molecule has 0 radical (unpaired) electrons. The molecule has 1 aromatic rings. The quantitative estimate of drug-likeness (QED) is 0.235. The summed E-state index contributed by atoms with van der Waals surface area (Å²) in [4.78, 5) is 72.3. The molecule has 1 amide bonds. The summed E-state index contributed by atoms with van der Waals surface area (Å²) in [6.45, 7) is 12.8. The van der Waals surface area contributed by atoms with Crippen LogP contribution in [-0.4, -0.2) is 141 Å². The number of carbonyl (C=O) groups is 5. The Hall–Kier alpha value is -4.26. The van der Waals surface area contributed by atoms with Crippen molar-refractivity contribution in [2.75, 3.05) is 27.9 Å². The second-order valence-corrected chi connectivity index (χ2v) is 20.4. The number of fused-ring (bicyclic) bond motifs is 3. The SMILES string of the molecule is COC1C(=O)C(C)C[C@H](C)C=CC=CC=C(C)[C@@H](OC)C[C@@H]2CC[C@@H](C)[C@@](O)(O2)C(=O)C(=O)N2CCCC[C@H]2C(=O)OC([C@H](C)CC2CC[C@H](n3cnnn3)[C@H](OC)C2)CC(=O)/C(C)=C/C(C)[C@H]1O. The number of hydrogen-bond donors (Lipinski definition) is 2. The number of hydrogen-bond acceptors (Lipinski definition) is 15. The number of esters is 1. The number of Topliss-reactive ketones (excluding diaryl/α,β-unsaturated/α-hetero) is 3. The van der Waals surface area contributed by atoms with E-state index >= 15 is 0 Å². The van der Waals surface area contributed by atoms with Crippen molar-refractivity contribution in [2.45, 2.75) is 180 Å². The minimum atomic E-state index is -2.43. The summed E-state index contributed by atoms with van der Waals surface area (Å²) in [5.41, 5.74) is 1.20. The molecule has 17 heteroatoms. The van der Waals surface area contributed by atoms with Crippen LogP contribution in [0.4, 0.5) is 0 Å². The summed E-state index contributed by atoms with van der Waals surface area (Å²) < 4.78 is 31.6. The Bertz CT molecular complexity index is 2020. The van der Waals surface area contributed by atoms with Crippen LogP contribution in [0.25, 0.3) is 0 Å². The third kappa shape index (κ3) is 14.2. The number of rotatable bonds is 7. The molecule has 17 nitrogen and oxygen atoms in total. The Morgan fingerprint density at radius 3 is 2.33 bits per heavy atom. The van der Waals surface area contributed by atoms with Crippen LogP contribution in [0.1, 0.15) is 132 Å². The van der Waals surface area contributed by atoms with Crippen LogP contribution in [0.5, 0.6) is 0 Å². The van der Waals surface area contributed by atoms with Crippen molar-refractivity contribution < 1.29 is 57.9 Å². The van der Waals surface area contributed by atoms with Crippen molar-refractivity contribution in [3.05, 3.63) is 53.9 Å². The van der Waals surface area contributed by atoms with Gasteiger partial charge in [0, 0.05) is 58.5 Å². The predicted octanol–water partition coefficient (Wildman–Crippen LogP) is 6.05. The Labute approximate surface area is 408 Å². The van der Waals surface area contributed by atoms with Gasteiger partial charge in [-0.1, -0.05) is 71.1 Å². The van der Waals surface area contributed by atoms with Gasteiger partial charge in [0.1, 0.15) is 24.6 Å². The summed E-state index contributed by atoms with van der Waals surface area (Å²) >= 11 is 0. The largest absolute Gasteiger partial charge is 0.460 e. The molecule has 1 saturated carbocycles. The predicted molar refractivity (Wildman–Crippen MR) is 256 cm³/mol. The van der Waals surface area contributed by atoms with Crippen molar-refractivity contribution in [2.24, 2.45) is 35.5 Å². The van der Waals surface area contributed by atoms with Crippen LogP contribution in [0.2, 0.25) is 0 Å². The number of cyclic esters (lactones) is 1. The van der Waals surface area contributed by atoms with Crippen molar-refractivity contribution >= 4 is 29.2 Å². The fourth-order valence-electron chi connectivity index (χ4n) is 10.8. The van der Waals surface area contributed by atoms with Gasteiger partial charge < -0.3 is 38.8 Å². The highest BCUT2D eigenvalue weighted by Crippen LogP contribution is 2.39. The number of ether oxygens (including phenoxy) is 5. The summed E-state index contributed by atoms with van der Waals surface area (Å²) in [7, 11) is 4.63. The van der Waals surface area contributed by atoms with Gasteiger partial charge in [-0.3, -0.25) is 19.2 Å². The lowest BCUT2D eigenvalue weighted by atomic mass is 9.77. The average Bonchev–Trinajstić information content (AvgIpc) is 3.88. The molecule has 5 rings (SSSR count). The standard InChI is InChI=1S/C52H79N5O12/c1-31-16-12-11-13-17-32(2)43(65-8)28-39-21-19-37(7)52(64,69-39)49(61)50(62)56-23-15-14-18-41(56)51(63)68-44(34(4)26-38-20-22-40(45(27-38)66-9)57-30-53-54-55-57)29-42(58)33(3)25-36(6)47(60)48(67-10)46(59)35(5)24-31/h11-13,16-17,25,30-31,34-41,43-45,47-48,60,64H,14-15,18-24,26-29H2,1-10H3/b13-11?,16-12?,32-17?,33-25+/t31-,34-,35?,36?,37-,38?,39+,40+,41+,43+,44?,45-,47-,48?,52-/m1/s1. The molecule has 15 atom stereocenters. The van der Waals surface area contributed by atoms with E-state index in [9.17, 15) is 34.2 Å². The van der Waals surface area contributed by atoms with E-state index in [1.165, 1.54) is 12.0 Å². The Morgan fingerprint density at radius 2 is 1.65 bits per heavy atom. The van der Waals surface area contributed by atoms with Gasteiger partial charge in [-0.25, -0.2) is 9.48 Å². The number of tetrazole rings is 1. The van der Waals surface area contributed by atoms with E-state index in [0.717, 1.165) is 18.4 Å². The second kappa shape index (κ2) is 25.7. The summed E-state index contributed by atoms with van der Waals surface area (Å²) in [5, 5.41) is 35.2. The molecule has 1 aliphatic carbocycles. The van der Waals surface area contributed by atoms with E-state index in [0.29, 0.717) is 56.9 Å². The van der Waals surface area contributed by atoms with Gasteiger partial charge in [0.15, 0.2) is 11.6 Å². The smallest absolute Gasteiger partial charge is 0.329 e. The van der Waals surface area contributed by atoms with Crippen LogP contribution in [0.3, 0.4) is 0 Å². The number of ketones is 3. The van der Waals surface area contributed by atoms with Gasteiger partial charge in [0.2, 0.25) is 5.79 Å². The molecule has 1 aromatic heterocycles. The fourth-order valence-corrected chi connectivity index (χ4v) is 10.8. The third-order valence-corrected chi connectivity index (χ3v) is 15.2. The molecule has 5 unspecified atom stereocenters. The van der Waals surface area contributed by atoms with E-state index in [1.807, 2.05) is 58.1 Å². The monoisotopic (exact) mass is 966 g/mol. The maximum absolute atomic E-state index is 14.5. The summed E-state index contributed by atoms with van der Waals surface area (Å²) in [5.74, 6) is -7.89. The Balaban J connectivity index is 1.46. The minimum absolute atomic E-state index is 0.0197. The number of aliphatic hydroxyl groups is 2.